The number of para-hydroxylation sites is 1. The largest absolute Gasteiger partial charge is 0.321 e. The van der Waals surface area contributed by atoms with Gasteiger partial charge in [-0.25, -0.2) is 4.39 Å². The molecule has 0 aromatic heterocycles. The second-order valence-electron chi connectivity index (χ2n) is 4.74. The van der Waals surface area contributed by atoms with Gasteiger partial charge in [-0.15, -0.1) is 0 Å². The van der Waals surface area contributed by atoms with Crippen LogP contribution >= 0.6 is 15.9 Å². The molecule has 0 aliphatic rings. The lowest BCUT2D eigenvalue weighted by molar-refractivity contribution is -0.123. The summed E-state index contributed by atoms with van der Waals surface area (Å²) in [6, 6.07) is 6.59. The molecule has 1 aromatic rings. The maximum Gasteiger partial charge on any atom is 0.244 e. The maximum absolute atomic E-state index is 13.7. The topological polar surface area (TPSA) is 52.9 Å². The minimum absolute atomic E-state index is 0.0873. The molecule has 0 fully saturated rings. The average molecular weight is 341 g/mol. The van der Waals surface area contributed by atoms with Crippen LogP contribution in [0.2, 0.25) is 0 Å². The Balaban J connectivity index is 3.06. The molecular weight excluding hydrogens is 323 g/mol. The molecule has 5 heteroatoms. The molecule has 1 aromatic carbocycles. The first-order chi connectivity index (χ1) is 9.50. The van der Waals surface area contributed by atoms with Gasteiger partial charge in [0.2, 0.25) is 5.91 Å². The van der Waals surface area contributed by atoms with Crippen molar-refractivity contribution in [1.82, 2.24) is 0 Å². The van der Waals surface area contributed by atoms with Crippen molar-refractivity contribution in [3.63, 3.8) is 0 Å². The van der Waals surface area contributed by atoms with Crippen molar-refractivity contribution in [2.45, 2.75) is 39.5 Å². The van der Waals surface area contributed by atoms with Crippen LogP contribution in [-0.4, -0.2) is 5.91 Å². The number of amides is 1. The van der Waals surface area contributed by atoms with Gasteiger partial charge in [0, 0.05) is 4.47 Å². The Hall–Kier alpha value is -1.41. The fourth-order valence-electron chi connectivity index (χ4n) is 2.22. The van der Waals surface area contributed by atoms with Crippen LogP contribution in [0.15, 0.2) is 22.7 Å². The summed E-state index contributed by atoms with van der Waals surface area (Å²) in [6.07, 6.45) is 2.38. The molecule has 108 valence electrons. The number of carbonyl (C=O) groups excluding carboxylic acids is 1. The fraction of sp³-hybridized carbons (Fsp3) is 0.467. The Kier molecular flexibility index (Phi) is 6.15. The lowest BCUT2D eigenvalue weighted by Crippen LogP contribution is -2.35. The third-order valence-corrected chi connectivity index (χ3v) is 3.86. The summed E-state index contributed by atoms with van der Waals surface area (Å²) >= 11 is 3.20. The zero-order valence-corrected chi connectivity index (χ0v) is 13.3. The summed E-state index contributed by atoms with van der Waals surface area (Å²) in [7, 11) is 0. The van der Waals surface area contributed by atoms with Gasteiger partial charge in [0.25, 0.3) is 0 Å². The highest BCUT2D eigenvalue weighted by Gasteiger charge is 2.37. The van der Waals surface area contributed by atoms with E-state index in [0.29, 0.717) is 17.3 Å². The van der Waals surface area contributed by atoms with E-state index < -0.39 is 17.1 Å². The van der Waals surface area contributed by atoms with E-state index >= 15 is 0 Å². The van der Waals surface area contributed by atoms with E-state index in [0.717, 1.165) is 12.8 Å². The Morgan fingerprint density at radius 1 is 1.40 bits per heavy atom. The van der Waals surface area contributed by atoms with Crippen LogP contribution in [-0.2, 0) is 4.79 Å². The number of nitrogens with zero attached hydrogens (tertiary/aromatic N) is 1. The van der Waals surface area contributed by atoms with Crippen molar-refractivity contribution in [2.24, 2.45) is 5.41 Å². The molecule has 0 atom stereocenters. The predicted molar refractivity (Wildman–Crippen MR) is 80.6 cm³/mol. The fourth-order valence-corrected chi connectivity index (χ4v) is 2.66. The van der Waals surface area contributed by atoms with Crippen LogP contribution in [0.4, 0.5) is 10.1 Å². The molecule has 0 radical (unpaired) electrons. The number of nitrogens with one attached hydrogen (secondary N) is 1. The first-order valence-corrected chi connectivity index (χ1v) is 7.46. The molecular formula is C15H18BrFN2O. The highest BCUT2D eigenvalue weighted by molar-refractivity contribution is 9.10. The van der Waals surface area contributed by atoms with E-state index in [-0.39, 0.29) is 5.69 Å². The lowest BCUT2D eigenvalue weighted by Gasteiger charge is -2.25. The molecule has 0 aliphatic heterocycles. The highest BCUT2D eigenvalue weighted by atomic mass is 79.9. The highest BCUT2D eigenvalue weighted by Crippen LogP contribution is 2.33. The van der Waals surface area contributed by atoms with E-state index in [1.165, 1.54) is 6.07 Å². The number of carbonyl (C=O) groups is 1. The number of benzene rings is 1. The minimum Gasteiger partial charge on any atom is -0.321 e. The van der Waals surface area contributed by atoms with Crippen LogP contribution in [0.1, 0.15) is 39.5 Å². The van der Waals surface area contributed by atoms with E-state index in [1.54, 1.807) is 12.1 Å². The van der Waals surface area contributed by atoms with E-state index in [9.17, 15) is 14.4 Å². The van der Waals surface area contributed by atoms with Gasteiger partial charge in [-0.05, 0) is 40.9 Å². The van der Waals surface area contributed by atoms with Crippen molar-refractivity contribution in [3.8, 4) is 6.07 Å². The predicted octanol–water partition coefficient (Wildman–Crippen LogP) is 4.64. The van der Waals surface area contributed by atoms with Crippen molar-refractivity contribution in [3.05, 3.63) is 28.5 Å². The monoisotopic (exact) mass is 340 g/mol. The van der Waals surface area contributed by atoms with Crippen LogP contribution in [0.3, 0.4) is 0 Å². The number of hydrogen-bond donors (Lipinski definition) is 1. The SMILES string of the molecule is CCCC(C#N)(CCC)C(=O)Nc1c(F)cccc1Br. The van der Waals surface area contributed by atoms with Crippen molar-refractivity contribution in [2.75, 3.05) is 5.32 Å². The van der Waals surface area contributed by atoms with E-state index in [1.807, 2.05) is 13.8 Å². The molecule has 1 N–H and O–H groups in total. The zero-order chi connectivity index (χ0) is 15.2. The van der Waals surface area contributed by atoms with Crippen LogP contribution in [0, 0.1) is 22.6 Å². The van der Waals surface area contributed by atoms with Gasteiger partial charge >= 0.3 is 0 Å². The molecule has 0 heterocycles. The van der Waals surface area contributed by atoms with E-state index in [4.69, 9.17) is 0 Å². The van der Waals surface area contributed by atoms with Gasteiger partial charge in [-0.2, -0.15) is 5.26 Å². The van der Waals surface area contributed by atoms with Gasteiger partial charge in [-0.1, -0.05) is 32.8 Å². The Labute approximate surface area is 127 Å². The standard InChI is InChI=1S/C15H18BrFN2O/c1-3-8-15(10-18,9-4-2)14(20)19-13-11(16)6-5-7-12(13)17/h5-7H,3-4,8-9H2,1-2H3,(H,19,20). The number of rotatable bonds is 6. The first kappa shape index (κ1) is 16.6. The molecule has 1 rings (SSSR count). The normalized spacial score (nSPS) is 10.9. The van der Waals surface area contributed by atoms with Crippen molar-refractivity contribution in [1.29, 1.82) is 5.26 Å². The van der Waals surface area contributed by atoms with Gasteiger partial charge in [0.15, 0.2) is 0 Å². The summed E-state index contributed by atoms with van der Waals surface area (Å²) in [5.41, 5.74) is -1.00. The number of hydrogen-bond acceptors (Lipinski definition) is 2. The van der Waals surface area contributed by atoms with Gasteiger partial charge in [-0.3, -0.25) is 4.79 Å². The Morgan fingerprint density at radius 2 is 2.00 bits per heavy atom. The second kappa shape index (κ2) is 7.39. The average Bonchev–Trinajstić information content (AvgIpc) is 2.42. The second-order valence-corrected chi connectivity index (χ2v) is 5.60. The molecule has 0 unspecified atom stereocenters. The van der Waals surface area contributed by atoms with E-state index in [2.05, 4.69) is 27.3 Å². The van der Waals surface area contributed by atoms with Crippen molar-refractivity contribution >= 4 is 27.5 Å². The quantitative estimate of drug-likeness (QED) is 0.820. The minimum atomic E-state index is -1.09. The lowest BCUT2D eigenvalue weighted by atomic mass is 9.79. The summed E-state index contributed by atoms with van der Waals surface area (Å²) in [4.78, 5) is 12.4. The smallest absolute Gasteiger partial charge is 0.244 e. The van der Waals surface area contributed by atoms with Crippen LogP contribution in [0.25, 0.3) is 0 Å². The maximum atomic E-state index is 13.7. The molecule has 1 amide bonds. The molecule has 0 bridgehead atoms. The Morgan fingerprint density at radius 3 is 2.45 bits per heavy atom. The van der Waals surface area contributed by atoms with Crippen molar-refractivity contribution < 1.29 is 9.18 Å². The number of nitriles is 1. The van der Waals surface area contributed by atoms with Gasteiger partial charge in [0.05, 0.1) is 11.8 Å². The summed E-state index contributed by atoms with van der Waals surface area (Å²) in [5.74, 6) is -0.956. The van der Waals surface area contributed by atoms with Crippen LogP contribution in [0.5, 0.6) is 0 Å². The summed E-state index contributed by atoms with van der Waals surface area (Å²) < 4.78 is 14.2. The summed E-state index contributed by atoms with van der Waals surface area (Å²) in [6.45, 7) is 3.85. The molecule has 20 heavy (non-hydrogen) atoms. The van der Waals surface area contributed by atoms with Gasteiger partial charge in [0.1, 0.15) is 11.2 Å². The van der Waals surface area contributed by atoms with Crippen LogP contribution < -0.4 is 5.32 Å². The number of halogens is 2. The molecule has 0 saturated carbocycles. The van der Waals surface area contributed by atoms with Gasteiger partial charge < -0.3 is 5.32 Å². The third-order valence-electron chi connectivity index (χ3n) is 3.20. The summed E-state index contributed by atoms with van der Waals surface area (Å²) in [5, 5.41) is 12.0. The molecule has 0 spiro atoms. The molecule has 0 aliphatic carbocycles. The zero-order valence-electron chi connectivity index (χ0n) is 11.7. The molecule has 3 nitrogen and oxygen atoms in total. The first-order valence-electron chi connectivity index (χ1n) is 6.67. The number of anilines is 1. The molecule has 0 saturated heterocycles. The Bertz CT molecular complexity index is 499. The third kappa shape index (κ3) is 3.57.